The first kappa shape index (κ1) is 13.9. The molecular weight excluding hydrogens is 238 g/mol. The number of hydrogen-bond donors (Lipinski definition) is 2. The number of amides is 2. The predicted molar refractivity (Wildman–Crippen MR) is 76.9 cm³/mol. The van der Waals surface area contributed by atoms with Gasteiger partial charge in [-0.2, -0.15) is 0 Å². The van der Waals surface area contributed by atoms with E-state index in [9.17, 15) is 4.79 Å². The minimum Gasteiger partial charge on any atom is -0.338 e. The van der Waals surface area contributed by atoms with E-state index in [0.717, 1.165) is 32.5 Å². The summed E-state index contributed by atoms with van der Waals surface area (Å²) in [5.41, 5.74) is 1.29. The molecule has 19 heavy (non-hydrogen) atoms. The van der Waals surface area contributed by atoms with Crippen LogP contribution in [0.1, 0.15) is 25.3 Å². The maximum Gasteiger partial charge on any atom is 0.317 e. The molecule has 1 aromatic rings. The minimum absolute atomic E-state index is 0.0636. The van der Waals surface area contributed by atoms with Crippen molar-refractivity contribution in [3.63, 3.8) is 0 Å². The van der Waals surface area contributed by atoms with Gasteiger partial charge in [-0.25, -0.2) is 4.79 Å². The Labute approximate surface area is 115 Å². The van der Waals surface area contributed by atoms with E-state index < -0.39 is 0 Å². The highest BCUT2D eigenvalue weighted by Crippen LogP contribution is 2.11. The Bertz CT molecular complexity index is 394. The molecule has 0 unspecified atom stereocenters. The van der Waals surface area contributed by atoms with Crippen LogP contribution >= 0.6 is 0 Å². The lowest BCUT2D eigenvalue weighted by molar-refractivity contribution is 0.173. The Morgan fingerprint density at radius 2 is 2.16 bits per heavy atom. The Morgan fingerprint density at radius 1 is 1.37 bits per heavy atom. The van der Waals surface area contributed by atoms with Crippen molar-refractivity contribution >= 4 is 6.03 Å². The van der Waals surface area contributed by atoms with Gasteiger partial charge >= 0.3 is 6.03 Å². The normalized spacial score (nSPS) is 19.2. The van der Waals surface area contributed by atoms with E-state index in [-0.39, 0.29) is 6.03 Å². The number of likely N-dealkylation sites (tertiary alicyclic amines) is 1. The summed E-state index contributed by atoms with van der Waals surface area (Å²) in [5, 5.41) is 6.41. The number of carbonyl (C=O) groups excluding carboxylic acids is 1. The Hall–Kier alpha value is -1.55. The van der Waals surface area contributed by atoms with Crippen molar-refractivity contribution in [1.82, 2.24) is 15.5 Å². The standard InChI is InChI=1S/C15H23N3O/c1-2-16-15(19)18-10-6-9-14(12-18)17-11-13-7-4-3-5-8-13/h3-5,7-8,14,17H,2,6,9-12H2,1H3,(H,16,19)/t14-/m1/s1. The van der Waals surface area contributed by atoms with Crippen molar-refractivity contribution in [3.05, 3.63) is 35.9 Å². The van der Waals surface area contributed by atoms with Crippen LogP contribution in [-0.4, -0.2) is 36.6 Å². The molecule has 104 valence electrons. The van der Waals surface area contributed by atoms with Crippen LogP contribution in [0.15, 0.2) is 30.3 Å². The van der Waals surface area contributed by atoms with E-state index >= 15 is 0 Å². The molecule has 1 fully saturated rings. The van der Waals surface area contributed by atoms with Crippen LogP contribution in [0, 0.1) is 0 Å². The summed E-state index contributed by atoms with van der Waals surface area (Å²) in [5.74, 6) is 0. The Balaban J connectivity index is 1.79. The molecule has 1 aliphatic heterocycles. The molecule has 0 bridgehead atoms. The first-order valence-electron chi connectivity index (χ1n) is 7.09. The van der Waals surface area contributed by atoms with Gasteiger partial charge in [0.1, 0.15) is 0 Å². The molecule has 4 nitrogen and oxygen atoms in total. The predicted octanol–water partition coefficient (Wildman–Crippen LogP) is 1.97. The fourth-order valence-electron chi connectivity index (χ4n) is 2.45. The van der Waals surface area contributed by atoms with Crippen LogP contribution in [0.3, 0.4) is 0 Å². The number of hydrogen-bond acceptors (Lipinski definition) is 2. The van der Waals surface area contributed by atoms with E-state index in [1.54, 1.807) is 0 Å². The summed E-state index contributed by atoms with van der Waals surface area (Å²) in [6.07, 6.45) is 2.21. The van der Waals surface area contributed by atoms with E-state index in [1.165, 1.54) is 5.56 Å². The summed E-state index contributed by atoms with van der Waals surface area (Å²) in [7, 11) is 0. The number of piperidine rings is 1. The zero-order valence-corrected chi connectivity index (χ0v) is 11.6. The second-order valence-electron chi connectivity index (χ2n) is 4.99. The third kappa shape index (κ3) is 4.24. The van der Waals surface area contributed by atoms with Gasteiger partial charge < -0.3 is 15.5 Å². The van der Waals surface area contributed by atoms with Crippen molar-refractivity contribution in [1.29, 1.82) is 0 Å². The average Bonchev–Trinajstić information content (AvgIpc) is 2.47. The van der Waals surface area contributed by atoms with Gasteiger partial charge in [-0.15, -0.1) is 0 Å². The highest BCUT2D eigenvalue weighted by molar-refractivity contribution is 5.74. The number of carbonyl (C=O) groups is 1. The number of rotatable bonds is 4. The fraction of sp³-hybridized carbons (Fsp3) is 0.533. The van der Waals surface area contributed by atoms with Gasteiger partial charge in [-0.1, -0.05) is 30.3 Å². The molecule has 1 atom stereocenters. The van der Waals surface area contributed by atoms with Gasteiger partial charge in [0, 0.05) is 32.2 Å². The Morgan fingerprint density at radius 3 is 2.89 bits per heavy atom. The molecular formula is C15H23N3O. The van der Waals surface area contributed by atoms with Crippen LogP contribution < -0.4 is 10.6 Å². The molecule has 0 aromatic heterocycles. The lowest BCUT2D eigenvalue weighted by atomic mass is 10.1. The summed E-state index contributed by atoms with van der Waals surface area (Å²) in [6, 6.07) is 10.8. The summed E-state index contributed by atoms with van der Waals surface area (Å²) in [4.78, 5) is 13.7. The molecule has 1 aliphatic rings. The largest absolute Gasteiger partial charge is 0.338 e. The van der Waals surface area contributed by atoms with Crippen molar-refractivity contribution in [2.24, 2.45) is 0 Å². The minimum atomic E-state index is 0.0636. The van der Waals surface area contributed by atoms with E-state index in [1.807, 2.05) is 17.9 Å². The molecule has 2 N–H and O–H groups in total. The van der Waals surface area contributed by atoms with Gasteiger partial charge in [0.25, 0.3) is 0 Å². The van der Waals surface area contributed by atoms with Gasteiger partial charge in [0.15, 0.2) is 0 Å². The van der Waals surface area contributed by atoms with E-state index in [2.05, 4.69) is 34.9 Å². The third-order valence-electron chi connectivity index (χ3n) is 3.47. The number of nitrogens with one attached hydrogen (secondary N) is 2. The second kappa shape index (κ2) is 7.14. The molecule has 2 rings (SSSR count). The van der Waals surface area contributed by atoms with Gasteiger partial charge in [0.2, 0.25) is 0 Å². The Kier molecular flexibility index (Phi) is 5.21. The first-order chi connectivity index (χ1) is 9.29. The second-order valence-corrected chi connectivity index (χ2v) is 4.99. The third-order valence-corrected chi connectivity index (χ3v) is 3.47. The molecule has 0 aliphatic carbocycles. The highest BCUT2D eigenvalue weighted by Gasteiger charge is 2.22. The topological polar surface area (TPSA) is 44.4 Å². The molecule has 0 saturated carbocycles. The molecule has 1 aromatic carbocycles. The first-order valence-corrected chi connectivity index (χ1v) is 7.09. The lowest BCUT2D eigenvalue weighted by Crippen LogP contribution is -2.50. The molecule has 0 spiro atoms. The maximum atomic E-state index is 11.8. The van der Waals surface area contributed by atoms with E-state index in [4.69, 9.17) is 0 Å². The zero-order valence-electron chi connectivity index (χ0n) is 11.6. The monoisotopic (exact) mass is 261 g/mol. The molecule has 1 heterocycles. The zero-order chi connectivity index (χ0) is 13.5. The van der Waals surface area contributed by atoms with Crippen molar-refractivity contribution in [2.75, 3.05) is 19.6 Å². The van der Waals surface area contributed by atoms with Crippen LogP contribution in [-0.2, 0) is 6.54 Å². The van der Waals surface area contributed by atoms with Crippen molar-refractivity contribution in [3.8, 4) is 0 Å². The molecule has 2 amide bonds. The van der Waals surface area contributed by atoms with Crippen molar-refractivity contribution in [2.45, 2.75) is 32.4 Å². The van der Waals surface area contributed by atoms with Crippen molar-refractivity contribution < 1.29 is 4.79 Å². The number of urea groups is 1. The summed E-state index contributed by atoms with van der Waals surface area (Å²) >= 11 is 0. The molecule has 4 heteroatoms. The number of benzene rings is 1. The molecule has 1 saturated heterocycles. The SMILES string of the molecule is CCNC(=O)N1CCC[C@@H](NCc2ccccc2)C1. The van der Waals surface area contributed by atoms with E-state index in [0.29, 0.717) is 12.6 Å². The van der Waals surface area contributed by atoms with Gasteiger partial charge in [-0.3, -0.25) is 0 Å². The van der Waals surface area contributed by atoms with Crippen LogP contribution in [0.25, 0.3) is 0 Å². The number of nitrogens with zero attached hydrogens (tertiary/aromatic N) is 1. The average molecular weight is 261 g/mol. The molecule has 0 radical (unpaired) electrons. The van der Waals surface area contributed by atoms with Gasteiger partial charge in [-0.05, 0) is 25.3 Å². The quantitative estimate of drug-likeness (QED) is 0.870. The maximum absolute atomic E-state index is 11.8. The lowest BCUT2D eigenvalue weighted by Gasteiger charge is -2.33. The summed E-state index contributed by atoms with van der Waals surface area (Å²) in [6.45, 7) is 5.19. The van der Waals surface area contributed by atoms with Crippen LogP contribution in [0.4, 0.5) is 4.79 Å². The smallest absolute Gasteiger partial charge is 0.317 e. The summed E-state index contributed by atoms with van der Waals surface area (Å²) < 4.78 is 0. The highest BCUT2D eigenvalue weighted by atomic mass is 16.2. The van der Waals surface area contributed by atoms with Gasteiger partial charge in [0.05, 0.1) is 0 Å². The van der Waals surface area contributed by atoms with Crippen LogP contribution in [0.2, 0.25) is 0 Å². The van der Waals surface area contributed by atoms with Crippen LogP contribution in [0.5, 0.6) is 0 Å². The fourth-order valence-corrected chi connectivity index (χ4v) is 2.45.